The summed E-state index contributed by atoms with van der Waals surface area (Å²) in [6.07, 6.45) is 3.44. The Bertz CT molecular complexity index is 261. The first kappa shape index (κ1) is 14.3. The number of rotatable bonds is 5. The van der Waals surface area contributed by atoms with Crippen molar-refractivity contribution in [2.75, 3.05) is 7.11 Å². The zero-order chi connectivity index (χ0) is 10.4. The van der Waals surface area contributed by atoms with Crippen LogP contribution in [-0.2, 0) is 0 Å². The van der Waals surface area contributed by atoms with Crippen LogP contribution in [0.5, 0.6) is 5.75 Å². The molecule has 2 nitrogen and oxygen atoms in total. The van der Waals surface area contributed by atoms with E-state index in [-0.39, 0.29) is 18.4 Å². The van der Waals surface area contributed by atoms with Gasteiger partial charge in [0.25, 0.3) is 0 Å². The van der Waals surface area contributed by atoms with Crippen LogP contribution in [0.1, 0.15) is 37.8 Å². The first-order chi connectivity index (χ1) is 6.77. The molecule has 1 atom stereocenters. The molecule has 0 saturated carbocycles. The van der Waals surface area contributed by atoms with Gasteiger partial charge in [0, 0.05) is 6.04 Å². The minimum absolute atomic E-state index is 0. The van der Waals surface area contributed by atoms with E-state index in [1.165, 1.54) is 18.4 Å². The van der Waals surface area contributed by atoms with E-state index >= 15 is 0 Å². The van der Waals surface area contributed by atoms with Gasteiger partial charge >= 0.3 is 0 Å². The Morgan fingerprint density at radius 1 is 1.27 bits per heavy atom. The molecule has 0 bridgehead atoms. The van der Waals surface area contributed by atoms with Crippen LogP contribution in [0.3, 0.4) is 0 Å². The van der Waals surface area contributed by atoms with Gasteiger partial charge in [-0.2, -0.15) is 0 Å². The van der Waals surface area contributed by atoms with Gasteiger partial charge in [-0.05, 0) is 24.1 Å². The zero-order valence-corrected chi connectivity index (χ0v) is 10.2. The largest absolute Gasteiger partial charge is 0.497 e. The molecule has 0 aliphatic rings. The van der Waals surface area contributed by atoms with Crippen molar-refractivity contribution in [1.82, 2.24) is 0 Å². The van der Waals surface area contributed by atoms with Gasteiger partial charge in [-0.1, -0.05) is 31.9 Å². The third kappa shape index (κ3) is 4.54. The Morgan fingerprint density at radius 3 is 2.33 bits per heavy atom. The normalized spacial score (nSPS) is 11.7. The number of methoxy groups -OCH3 is 1. The summed E-state index contributed by atoms with van der Waals surface area (Å²) in [5, 5.41) is 0. The van der Waals surface area contributed by atoms with Gasteiger partial charge in [-0.25, -0.2) is 0 Å². The van der Waals surface area contributed by atoms with Gasteiger partial charge in [0.15, 0.2) is 0 Å². The van der Waals surface area contributed by atoms with Gasteiger partial charge in [-0.3, -0.25) is 0 Å². The van der Waals surface area contributed by atoms with Crippen molar-refractivity contribution in [2.45, 2.75) is 32.2 Å². The third-order valence-corrected chi connectivity index (χ3v) is 2.41. The van der Waals surface area contributed by atoms with E-state index in [0.717, 1.165) is 12.2 Å². The lowest BCUT2D eigenvalue weighted by atomic mass is 10.0. The highest BCUT2D eigenvalue weighted by Gasteiger charge is 2.04. The molecule has 2 N–H and O–H groups in total. The summed E-state index contributed by atoms with van der Waals surface area (Å²) in [5.41, 5.74) is 7.23. The molecule has 1 rings (SSSR count). The Morgan fingerprint density at radius 2 is 1.87 bits per heavy atom. The highest BCUT2D eigenvalue weighted by molar-refractivity contribution is 5.85. The molecule has 0 aromatic heterocycles. The third-order valence-electron chi connectivity index (χ3n) is 2.41. The second-order valence-electron chi connectivity index (χ2n) is 3.52. The molecule has 3 heteroatoms. The number of nitrogens with two attached hydrogens (primary N) is 1. The van der Waals surface area contributed by atoms with Crippen molar-refractivity contribution in [3.8, 4) is 5.75 Å². The summed E-state index contributed by atoms with van der Waals surface area (Å²) in [5.74, 6) is 0.886. The second-order valence-corrected chi connectivity index (χ2v) is 3.52. The van der Waals surface area contributed by atoms with E-state index < -0.39 is 0 Å². The molecule has 0 aliphatic heterocycles. The molecule has 15 heavy (non-hydrogen) atoms. The molecule has 1 aromatic carbocycles. The average Bonchev–Trinajstić information content (AvgIpc) is 2.26. The van der Waals surface area contributed by atoms with Crippen molar-refractivity contribution in [3.63, 3.8) is 0 Å². The summed E-state index contributed by atoms with van der Waals surface area (Å²) in [6.45, 7) is 2.18. The Balaban J connectivity index is 0.00000196. The van der Waals surface area contributed by atoms with Crippen molar-refractivity contribution >= 4 is 12.4 Å². The molecule has 1 unspecified atom stereocenters. The smallest absolute Gasteiger partial charge is 0.118 e. The van der Waals surface area contributed by atoms with Crippen molar-refractivity contribution in [3.05, 3.63) is 29.8 Å². The minimum atomic E-state index is 0. The van der Waals surface area contributed by atoms with Crippen molar-refractivity contribution in [1.29, 1.82) is 0 Å². The quantitative estimate of drug-likeness (QED) is 0.841. The maximum Gasteiger partial charge on any atom is 0.118 e. The van der Waals surface area contributed by atoms with Crippen LogP contribution in [0.25, 0.3) is 0 Å². The molecule has 0 spiro atoms. The average molecular weight is 230 g/mol. The Hall–Kier alpha value is -0.730. The standard InChI is InChI=1S/C12H19NO.ClH/c1-3-4-5-12(13)10-6-8-11(14-2)9-7-10;/h6-9,12H,3-5,13H2,1-2H3;1H. The summed E-state index contributed by atoms with van der Waals surface area (Å²) >= 11 is 0. The zero-order valence-electron chi connectivity index (χ0n) is 9.40. The fourth-order valence-electron chi connectivity index (χ4n) is 1.44. The molecular formula is C12H20ClNO. The SMILES string of the molecule is CCCCC(N)c1ccc(OC)cc1.Cl. The van der Waals surface area contributed by atoms with Crippen LogP contribution in [0.2, 0.25) is 0 Å². The molecule has 0 radical (unpaired) electrons. The molecule has 0 aliphatic carbocycles. The number of hydrogen-bond donors (Lipinski definition) is 1. The molecule has 86 valence electrons. The first-order valence-corrected chi connectivity index (χ1v) is 5.17. The molecule has 1 aromatic rings. The van der Waals surface area contributed by atoms with E-state index in [9.17, 15) is 0 Å². The van der Waals surface area contributed by atoms with E-state index in [0.29, 0.717) is 0 Å². The predicted octanol–water partition coefficient (Wildman–Crippen LogP) is 3.31. The minimum Gasteiger partial charge on any atom is -0.497 e. The van der Waals surface area contributed by atoms with Crippen LogP contribution in [0, 0.1) is 0 Å². The summed E-state index contributed by atoms with van der Waals surface area (Å²) in [6, 6.07) is 8.17. The van der Waals surface area contributed by atoms with Gasteiger partial charge < -0.3 is 10.5 Å². The number of halogens is 1. The van der Waals surface area contributed by atoms with Crippen LogP contribution in [-0.4, -0.2) is 7.11 Å². The van der Waals surface area contributed by atoms with Crippen LogP contribution in [0.4, 0.5) is 0 Å². The number of benzene rings is 1. The summed E-state index contributed by atoms with van der Waals surface area (Å²) < 4.78 is 5.09. The van der Waals surface area contributed by atoms with Gasteiger partial charge in [-0.15, -0.1) is 12.4 Å². The van der Waals surface area contributed by atoms with Crippen LogP contribution < -0.4 is 10.5 Å². The van der Waals surface area contributed by atoms with Crippen molar-refractivity contribution in [2.24, 2.45) is 5.73 Å². The van der Waals surface area contributed by atoms with E-state index in [1.54, 1.807) is 7.11 Å². The van der Waals surface area contributed by atoms with E-state index in [1.807, 2.05) is 24.3 Å². The number of unbranched alkanes of at least 4 members (excludes halogenated alkanes) is 1. The van der Waals surface area contributed by atoms with Crippen LogP contribution >= 0.6 is 12.4 Å². The highest BCUT2D eigenvalue weighted by Crippen LogP contribution is 2.19. The lowest BCUT2D eigenvalue weighted by molar-refractivity contribution is 0.414. The lowest BCUT2D eigenvalue weighted by Crippen LogP contribution is -2.09. The molecule has 0 heterocycles. The topological polar surface area (TPSA) is 35.2 Å². The van der Waals surface area contributed by atoms with Gasteiger partial charge in [0.05, 0.1) is 7.11 Å². The summed E-state index contributed by atoms with van der Waals surface area (Å²) in [7, 11) is 1.67. The Labute approximate surface area is 98.2 Å². The van der Waals surface area contributed by atoms with Gasteiger partial charge in [0.2, 0.25) is 0 Å². The maximum atomic E-state index is 6.03. The fourth-order valence-corrected chi connectivity index (χ4v) is 1.44. The monoisotopic (exact) mass is 229 g/mol. The molecular weight excluding hydrogens is 210 g/mol. The molecule has 0 saturated heterocycles. The molecule has 0 amide bonds. The number of hydrogen-bond acceptors (Lipinski definition) is 2. The van der Waals surface area contributed by atoms with Crippen molar-refractivity contribution < 1.29 is 4.74 Å². The number of ether oxygens (including phenoxy) is 1. The first-order valence-electron chi connectivity index (χ1n) is 5.17. The lowest BCUT2D eigenvalue weighted by Gasteiger charge is -2.11. The fraction of sp³-hybridized carbons (Fsp3) is 0.500. The summed E-state index contributed by atoms with van der Waals surface area (Å²) in [4.78, 5) is 0. The second kappa shape index (κ2) is 7.55. The van der Waals surface area contributed by atoms with E-state index in [2.05, 4.69) is 6.92 Å². The highest BCUT2D eigenvalue weighted by atomic mass is 35.5. The maximum absolute atomic E-state index is 6.03. The predicted molar refractivity (Wildman–Crippen MR) is 66.7 cm³/mol. The molecule has 0 fully saturated rings. The Kier molecular flexibility index (Phi) is 7.18. The van der Waals surface area contributed by atoms with Crippen LogP contribution in [0.15, 0.2) is 24.3 Å². The van der Waals surface area contributed by atoms with Gasteiger partial charge in [0.1, 0.15) is 5.75 Å². The van der Waals surface area contributed by atoms with E-state index in [4.69, 9.17) is 10.5 Å².